The fraction of sp³-hybridized carbons (Fsp3) is 0.375. The molecule has 0 saturated carbocycles. The molecule has 1 aliphatic rings. The summed E-state index contributed by atoms with van der Waals surface area (Å²) in [5, 5.41) is 9.60. The van der Waals surface area contributed by atoms with E-state index in [2.05, 4.69) is 5.10 Å². The predicted molar refractivity (Wildman–Crippen MR) is 160 cm³/mol. The summed E-state index contributed by atoms with van der Waals surface area (Å²) in [5.74, 6) is -0.671. The van der Waals surface area contributed by atoms with E-state index in [0.717, 1.165) is 11.3 Å². The lowest BCUT2D eigenvalue weighted by atomic mass is 9.96. The van der Waals surface area contributed by atoms with Gasteiger partial charge in [-0.15, -0.1) is 0 Å². The van der Waals surface area contributed by atoms with Crippen molar-refractivity contribution >= 4 is 17.0 Å². The Morgan fingerprint density at radius 3 is 2.44 bits per heavy atom. The Balaban J connectivity index is 1.55. The Labute approximate surface area is 248 Å². The smallest absolute Gasteiger partial charge is 0.410 e. The van der Waals surface area contributed by atoms with E-state index in [1.807, 2.05) is 40.7 Å². The number of aromatic nitrogens is 6. The summed E-state index contributed by atoms with van der Waals surface area (Å²) in [6, 6.07) is 6.66. The van der Waals surface area contributed by atoms with Gasteiger partial charge in [0.25, 0.3) is 0 Å². The van der Waals surface area contributed by atoms with Crippen molar-refractivity contribution in [2.24, 2.45) is 7.05 Å². The quantitative estimate of drug-likeness (QED) is 0.236. The van der Waals surface area contributed by atoms with Gasteiger partial charge in [0.2, 0.25) is 0 Å². The molecule has 1 amide bonds. The van der Waals surface area contributed by atoms with Crippen LogP contribution in [0.15, 0.2) is 36.8 Å². The van der Waals surface area contributed by atoms with Crippen LogP contribution in [0.25, 0.3) is 33.7 Å². The van der Waals surface area contributed by atoms with Crippen molar-refractivity contribution in [1.82, 2.24) is 34.0 Å². The second kappa shape index (κ2) is 10.0. The number of hydrogen-bond acceptors (Lipinski definition) is 5. The number of nitrogens with zero attached hydrogens (tertiary/aromatic N) is 7. The fourth-order valence-electron chi connectivity index (χ4n) is 5.96. The number of carbonyl (C=O) groups excluding carboxylic acids is 1. The standard InChI is InChI=1S/C32H35F2N7O2/c1-17-13-21(14-18(2)27(17)33)41-30(26-19(3)39(12-11-23(26)37-41)31(42)43-32(5,6)7)29-20(4)40(16-35-29)25-10-9-24-22(28(25)34)15-36-38(24)8/h9-10,13-16,19H,11-12H2,1-8H3/t19-/m0/s1. The molecule has 0 fully saturated rings. The number of aryl methyl sites for hydroxylation is 3. The fourth-order valence-corrected chi connectivity index (χ4v) is 5.96. The third-order valence-electron chi connectivity index (χ3n) is 8.10. The molecule has 0 N–H and O–H groups in total. The molecule has 3 aromatic heterocycles. The Bertz CT molecular complexity index is 1890. The van der Waals surface area contributed by atoms with Crippen molar-refractivity contribution in [1.29, 1.82) is 0 Å². The van der Waals surface area contributed by atoms with Crippen molar-refractivity contribution < 1.29 is 18.3 Å². The van der Waals surface area contributed by atoms with Gasteiger partial charge in [0.15, 0.2) is 5.82 Å². The summed E-state index contributed by atoms with van der Waals surface area (Å²) >= 11 is 0. The molecule has 5 aromatic rings. The van der Waals surface area contributed by atoms with Crippen LogP contribution in [0, 0.1) is 32.4 Å². The highest BCUT2D eigenvalue weighted by molar-refractivity contribution is 5.82. The second-order valence-corrected chi connectivity index (χ2v) is 12.3. The molecule has 0 aliphatic carbocycles. The van der Waals surface area contributed by atoms with Gasteiger partial charge in [-0.1, -0.05) is 0 Å². The minimum Gasteiger partial charge on any atom is -0.444 e. The number of benzene rings is 2. The number of halogens is 2. The Hall–Kier alpha value is -4.54. The highest BCUT2D eigenvalue weighted by Crippen LogP contribution is 2.41. The minimum absolute atomic E-state index is 0.270. The summed E-state index contributed by atoms with van der Waals surface area (Å²) < 4.78 is 41.3. The minimum atomic E-state index is -0.651. The monoisotopic (exact) mass is 587 g/mol. The zero-order valence-electron chi connectivity index (χ0n) is 25.7. The Morgan fingerprint density at radius 1 is 1.07 bits per heavy atom. The van der Waals surface area contributed by atoms with E-state index in [1.54, 1.807) is 64.3 Å². The second-order valence-electron chi connectivity index (χ2n) is 12.3. The predicted octanol–water partition coefficient (Wildman–Crippen LogP) is 6.67. The van der Waals surface area contributed by atoms with Gasteiger partial charge < -0.3 is 9.64 Å². The molecule has 0 saturated heterocycles. The van der Waals surface area contributed by atoms with E-state index in [1.165, 1.54) is 6.20 Å². The number of rotatable bonds is 3. The van der Waals surface area contributed by atoms with Crippen LogP contribution in [0.3, 0.4) is 0 Å². The zero-order chi connectivity index (χ0) is 31.0. The van der Waals surface area contributed by atoms with Crippen LogP contribution in [-0.4, -0.2) is 52.3 Å². The summed E-state index contributed by atoms with van der Waals surface area (Å²) in [5.41, 5.74) is 5.61. The molecule has 6 rings (SSSR count). The lowest BCUT2D eigenvalue weighted by Crippen LogP contribution is -2.42. The molecule has 4 heterocycles. The molecule has 0 radical (unpaired) electrons. The molecular formula is C32H35F2N7O2. The van der Waals surface area contributed by atoms with Gasteiger partial charge in [-0.05, 0) is 83.9 Å². The van der Waals surface area contributed by atoms with Crippen molar-refractivity contribution in [2.45, 2.75) is 66.5 Å². The first-order valence-corrected chi connectivity index (χ1v) is 14.3. The van der Waals surface area contributed by atoms with Gasteiger partial charge >= 0.3 is 6.09 Å². The molecule has 0 bridgehead atoms. The van der Waals surface area contributed by atoms with E-state index >= 15 is 4.39 Å². The molecule has 0 unspecified atom stereocenters. The number of fused-ring (bicyclic) bond motifs is 2. The molecule has 2 aromatic carbocycles. The highest BCUT2D eigenvalue weighted by Gasteiger charge is 2.37. The van der Waals surface area contributed by atoms with Crippen LogP contribution in [0.5, 0.6) is 0 Å². The molecule has 0 spiro atoms. The van der Waals surface area contributed by atoms with E-state index in [0.29, 0.717) is 63.5 Å². The van der Waals surface area contributed by atoms with Crippen LogP contribution in [0.1, 0.15) is 61.8 Å². The molecule has 43 heavy (non-hydrogen) atoms. The SMILES string of the molecule is Cc1cc(-n2nc3c(c2-c2ncn(-c4ccc5c(cnn5C)c4F)c2C)[C@H](C)N(C(=O)OC(C)(C)C)CC3)cc(C)c1F. The molecule has 9 nitrogen and oxygen atoms in total. The lowest BCUT2D eigenvalue weighted by molar-refractivity contribution is 0.0160. The average Bonchev–Trinajstić information content (AvgIpc) is 3.62. The number of imidazole rings is 1. The van der Waals surface area contributed by atoms with Crippen molar-refractivity contribution in [2.75, 3.05) is 6.54 Å². The van der Waals surface area contributed by atoms with Gasteiger partial charge in [0.1, 0.15) is 23.4 Å². The largest absolute Gasteiger partial charge is 0.444 e. The Morgan fingerprint density at radius 2 is 1.77 bits per heavy atom. The van der Waals surface area contributed by atoms with Gasteiger partial charge in [-0.2, -0.15) is 10.2 Å². The third-order valence-corrected chi connectivity index (χ3v) is 8.10. The van der Waals surface area contributed by atoms with Gasteiger partial charge in [0.05, 0.1) is 45.9 Å². The average molecular weight is 588 g/mol. The topological polar surface area (TPSA) is 83.0 Å². The first-order valence-electron chi connectivity index (χ1n) is 14.3. The van der Waals surface area contributed by atoms with Gasteiger partial charge in [-0.25, -0.2) is 23.2 Å². The number of hydrogen-bond donors (Lipinski definition) is 0. The lowest BCUT2D eigenvalue weighted by Gasteiger charge is -2.35. The van der Waals surface area contributed by atoms with Crippen LogP contribution >= 0.6 is 0 Å². The zero-order valence-corrected chi connectivity index (χ0v) is 25.7. The molecular weight excluding hydrogens is 552 g/mol. The number of ether oxygens (including phenoxy) is 1. The van der Waals surface area contributed by atoms with Crippen LogP contribution in [0.2, 0.25) is 0 Å². The summed E-state index contributed by atoms with van der Waals surface area (Å²) in [6.45, 7) is 13.2. The van der Waals surface area contributed by atoms with Crippen LogP contribution in [0.4, 0.5) is 13.6 Å². The van der Waals surface area contributed by atoms with E-state index in [9.17, 15) is 9.18 Å². The van der Waals surface area contributed by atoms with Crippen LogP contribution < -0.4 is 0 Å². The van der Waals surface area contributed by atoms with Gasteiger partial charge in [0, 0.05) is 31.3 Å². The Kier molecular flexibility index (Phi) is 6.67. The van der Waals surface area contributed by atoms with Crippen LogP contribution in [-0.2, 0) is 18.2 Å². The summed E-state index contributed by atoms with van der Waals surface area (Å²) in [7, 11) is 1.77. The maximum Gasteiger partial charge on any atom is 0.410 e. The molecule has 1 atom stereocenters. The third kappa shape index (κ3) is 4.67. The molecule has 1 aliphatic heterocycles. The van der Waals surface area contributed by atoms with Crippen molar-refractivity contribution in [3.8, 4) is 22.8 Å². The maximum atomic E-state index is 15.8. The maximum absolute atomic E-state index is 15.8. The van der Waals surface area contributed by atoms with Crippen molar-refractivity contribution in [3.05, 3.63) is 76.5 Å². The number of carbonyl (C=O) groups is 1. The summed E-state index contributed by atoms with van der Waals surface area (Å²) in [4.78, 5) is 19.7. The summed E-state index contributed by atoms with van der Waals surface area (Å²) in [6.07, 6.45) is 3.20. The normalized spacial score (nSPS) is 15.3. The first kappa shape index (κ1) is 28.6. The van der Waals surface area contributed by atoms with Crippen molar-refractivity contribution in [3.63, 3.8) is 0 Å². The number of amides is 1. The molecule has 224 valence electrons. The van der Waals surface area contributed by atoms with E-state index in [-0.39, 0.29) is 5.82 Å². The van der Waals surface area contributed by atoms with Gasteiger partial charge in [-0.3, -0.25) is 9.25 Å². The first-order chi connectivity index (χ1) is 20.3. The van der Waals surface area contributed by atoms with E-state index < -0.39 is 23.6 Å². The van der Waals surface area contributed by atoms with E-state index in [4.69, 9.17) is 14.8 Å². The highest BCUT2D eigenvalue weighted by atomic mass is 19.1. The molecule has 11 heteroatoms.